The molecule has 3 amide bonds. The first kappa shape index (κ1) is 18.8. The maximum absolute atomic E-state index is 14.4. The number of carbonyl (C=O) groups excluding carboxylic acids is 4. The van der Waals surface area contributed by atoms with Crippen LogP contribution < -0.4 is 0 Å². The third-order valence-corrected chi connectivity index (χ3v) is 4.14. The number of alkyl halides is 1. The molecule has 8 nitrogen and oxygen atoms in total. The molecule has 0 aromatic heterocycles. The van der Waals surface area contributed by atoms with Gasteiger partial charge in [0.1, 0.15) is 5.60 Å². The summed E-state index contributed by atoms with van der Waals surface area (Å²) in [5, 5.41) is 0.268. The molecule has 0 bridgehead atoms. The summed E-state index contributed by atoms with van der Waals surface area (Å²) in [7, 11) is 0. The quantitative estimate of drug-likeness (QED) is 0.747. The maximum Gasteiger partial charge on any atom is 0.410 e. The van der Waals surface area contributed by atoms with Gasteiger partial charge in [0.05, 0.1) is 11.1 Å². The molecule has 0 spiro atoms. The summed E-state index contributed by atoms with van der Waals surface area (Å²) in [6.07, 6.45) is -2.67. The molecule has 2 aliphatic rings. The largest absolute Gasteiger partial charge is 0.444 e. The predicted molar refractivity (Wildman–Crippen MR) is 89.2 cm³/mol. The van der Waals surface area contributed by atoms with Gasteiger partial charge in [-0.2, -0.15) is 0 Å². The number of imide groups is 1. The van der Waals surface area contributed by atoms with Gasteiger partial charge in [0.2, 0.25) is 6.17 Å². The number of amides is 3. The van der Waals surface area contributed by atoms with Crippen molar-refractivity contribution in [2.75, 3.05) is 13.1 Å². The molecule has 144 valence electrons. The van der Waals surface area contributed by atoms with E-state index in [4.69, 9.17) is 9.57 Å². The van der Waals surface area contributed by atoms with Gasteiger partial charge in [-0.15, -0.1) is 0 Å². The molecule has 1 saturated heterocycles. The fourth-order valence-electron chi connectivity index (χ4n) is 2.76. The van der Waals surface area contributed by atoms with Gasteiger partial charge in [0.25, 0.3) is 11.8 Å². The Morgan fingerprint density at radius 1 is 1.11 bits per heavy atom. The number of hydrogen-bond acceptors (Lipinski definition) is 6. The van der Waals surface area contributed by atoms with Crippen LogP contribution in [0.15, 0.2) is 24.3 Å². The lowest BCUT2D eigenvalue weighted by Crippen LogP contribution is -2.56. The van der Waals surface area contributed by atoms with Gasteiger partial charge < -0.3 is 14.5 Å². The van der Waals surface area contributed by atoms with Crippen molar-refractivity contribution in [2.45, 2.75) is 32.5 Å². The molecule has 1 fully saturated rings. The molecule has 1 aromatic rings. The Balaban J connectivity index is 1.55. The van der Waals surface area contributed by atoms with Crippen LogP contribution in [-0.2, 0) is 14.4 Å². The van der Waals surface area contributed by atoms with Crippen LogP contribution in [-0.4, -0.2) is 58.7 Å². The average Bonchev–Trinajstić information content (AvgIpc) is 2.77. The van der Waals surface area contributed by atoms with E-state index in [-0.39, 0.29) is 29.3 Å². The van der Waals surface area contributed by atoms with E-state index in [1.54, 1.807) is 32.9 Å². The zero-order chi connectivity index (χ0) is 19.9. The van der Waals surface area contributed by atoms with Crippen molar-refractivity contribution in [1.29, 1.82) is 0 Å². The lowest BCUT2D eigenvalue weighted by molar-refractivity contribution is -0.179. The summed E-state index contributed by atoms with van der Waals surface area (Å²) < 4.78 is 19.5. The lowest BCUT2D eigenvalue weighted by atomic mass is 9.95. The van der Waals surface area contributed by atoms with Crippen LogP contribution in [0.3, 0.4) is 0 Å². The van der Waals surface area contributed by atoms with Gasteiger partial charge in [-0.1, -0.05) is 17.2 Å². The normalized spacial score (nSPS) is 18.1. The molecule has 1 atom stereocenters. The Bertz CT molecular complexity index is 777. The van der Waals surface area contributed by atoms with Crippen LogP contribution in [0.2, 0.25) is 0 Å². The highest BCUT2D eigenvalue weighted by atomic mass is 19.1. The van der Waals surface area contributed by atoms with Crippen LogP contribution in [0.5, 0.6) is 0 Å². The summed E-state index contributed by atoms with van der Waals surface area (Å²) in [5.74, 6) is -3.78. The zero-order valence-corrected chi connectivity index (χ0v) is 15.1. The highest BCUT2D eigenvalue weighted by Gasteiger charge is 2.45. The molecule has 1 aromatic carbocycles. The molecular weight excluding hydrogens is 359 g/mol. The Labute approximate surface area is 154 Å². The summed E-state index contributed by atoms with van der Waals surface area (Å²) in [6, 6.07) is 5.96. The second-order valence-electron chi connectivity index (χ2n) is 7.41. The molecule has 9 heteroatoms. The van der Waals surface area contributed by atoms with Crippen molar-refractivity contribution in [2.24, 2.45) is 5.92 Å². The van der Waals surface area contributed by atoms with E-state index in [1.165, 1.54) is 17.0 Å². The minimum absolute atomic E-state index is 0.0205. The molecule has 0 radical (unpaired) electrons. The highest BCUT2D eigenvalue weighted by Crippen LogP contribution is 2.27. The monoisotopic (exact) mass is 378 g/mol. The van der Waals surface area contributed by atoms with Crippen molar-refractivity contribution in [3.8, 4) is 0 Å². The molecule has 2 heterocycles. The number of fused-ring (bicyclic) bond motifs is 1. The number of ether oxygens (including phenoxy) is 1. The summed E-state index contributed by atoms with van der Waals surface area (Å²) in [6.45, 7) is 5.08. The third-order valence-electron chi connectivity index (χ3n) is 4.14. The lowest BCUT2D eigenvalue weighted by Gasteiger charge is -2.40. The minimum atomic E-state index is -2.08. The fraction of sp³-hybridized carbons (Fsp3) is 0.444. The number of halogens is 1. The first-order valence-electron chi connectivity index (χ1n) is 8.40. The van der Waals surface area contributed by atoms with Crippen molar-refractivity contribution in [1.82, 2.24) is 9.96 Å². The predicted octanol–water partition coefficient (Wildman–Crippen LogP) is 1.95. The smallest absolute Gasteiger partial charge is 0.410 e. The average molecular weight is 378 g/mol. The topological polar surface area (TPSA) is 93.2 Å². The van der Waals surface area contributed by atoms with Gasteiger partial charge >= 0.3 is 12.1 Å². The summed E-state index contributed by atoms with van der Waals surface area (Å²) >= 11 is 0. The van der Waals surface area contributed by atoms with Crippen molar-refractivity contribution < 1.29 is 33.1 Å². The first-order valence-corrected chi connectivity index (χ1v) is 8.40. The van der Waals surface area contributed by atoms with Gasteiger partial charge in [0, 0.05) is 19.0 Å². The Hall–Kier alpha value is -2.97. The standard InChI is InChI=1S/C18H19FN2O6/c1-18(2,3)26-17(25)20-8-10(9-20)13(19)16(24)27-21-14(22)11-6-4-5-7-12(11)15(21)23/h4-7,10,13H,8-9H2,1-3H3. The van der Waals surface area contributed by atoms with E-state index < -0.39 is 41.6 Å². The number of carbonyl (C=O) groups is 4. The number of benzene rings is 1. The molecular formula is C18H19FN2O6. The van der Waals surface area contributed by atoms with E-state index in [0.717, 1.165) is 0 Å². The van der Waals surface area contributed by atoms with Crippen LogP contribution in [0.25, 0.3) is 0 Å². The first-order chi connectivity index (χ1) is 12.6. The Kier molecular flexibility index (Phi) is 4.63. The van der Waals surface area contributed by atoms with Crippen LogP contribution in [0.1, 0.15) is 41.5 Å². The van der Waals surface area contributed by atoms with E-state index in [9.17, 15) is 23.6 Å². The molecule has 2 aliphatic heterocycles. The second-order valence-corrected chi connectivity index (χ2v) is 7.41. The third kappa shape index (κ3) is 3.62. The number of rotatable bonds is 3. The summed E-state index contributed by atoms with van der Waals surface area (Å²) in [4.78, 5) is 54.1. The van der Waals surface area contributed by atoms with Gasteiger partial charge in [-0.3, -0.25) is 9.59 Å². The SMILES string of the molecule is CC(C)(C)OC(=O)N1CC(C(F)C(=O)ON2C(=O)c3ccccc3C2=O)C1. The fourth-order valence-corrected chi connectivity index (χ4v) is 2.76. The van der Waals surface area contributed by atoms with Gasteiger partial charge in [0.15, 0.2) is 0 Å². The molecule has 3 rings (SSSR count). The van der Waals surface area contributed by atoms with E-state index in [0.29, 0.717) is 0 Å². The number of likely N-dealkylation sites (tertiary alicyclic amines) is 1. The van der Waals surface area contributed by atoms with Crippen LogP contribution in [0.4, 0.5) is 9.18 Å². The van der Waals surface area contributed by atoms with E-state index in [2.05, 4.69) is 0 Å². The summed E-state index contributed by atoms with van der Waals surface area (Å²) in [5.41, 5.74) is -0.502. The van der Waals surface area contributed by atoms with E-state index >= 15 is 0 Å². The second kappa shape index (κ2) is 6.64. The Morgan fingerprint density at radius 2 is 1.63 bits per heavy atom. The van der Waals surface area contributed by atoms with Gasteiger partial charge in [-0.05, 0) is 32.9 Å². The maximum atomic E-state index is 14.4. The number of nitrogens with zero attached hydrogens (tertiary/aromatic N) is 2. The van der Waals surface area contributed by atoms with Gasteiger partial charge in [-0.25, -0.2) is 14.0 Å². The number of hydroxylamine groups is 2. The van der Waals surface area contributed by atoms with Crippen molar-refractivity contribution >= 4 is 23.9 Å². The Morgan fingerprint density at radius 3 is 2.11 bits per heavy atom. The molecule has 1 unspecified atom stereocenters. The van der Waals surface area contributed by atoms with Crippen LogP contribution >= 0.6 is 0 Å². The highest BCUT2D eigenvalue weighted by molar-refractivity contribution is 6.20. The zero-order valence-electron chi connectivity index (χ0n) is 15.1. The minimum Gasteiger partial charge on any atom is -0.444 e. The molecule has 0 aliphatic carbocycles. The molecule has 27 heavy (non-hydrogen) atoms. The van der Waals surface area contributed by atoms with Crippen molar-refractivity contribution in [3.05, 3.63) is 35.4 Å². The van der Waals surface area contributed by atoms with E-state index in [1.807, 2.05) is 0 Å². The van der Waals surface area contributed by atoms with Crippen LogP contribution in [0, 0.1) is 5.92 Å². The molecule has 0 N–H and O–H groups in total. The number of hydrogen-bond donors (Lipinski definition) is 0. The molecule has 0 saturated carbocycles. The van der Waals surface area contributed by atoms with Crippen molar-refractivity contribution in [3.63, 3.8) is 0 Å².